The molecule has 0 saturated heterocycles. The van der Waals surface area contributed by atoms with E-state index in [9.17, 15) is 4.79 Å². The zero-order valence-electron chi connectivity index (χ0n) is 12.8. The van der Waals surface area contributed by atoms with E-state index < -0.39 is 0 Å². The number of nitrogens with one attached hydrogen (secondary N) is 1. The van der Waals surface area contributed by atoms with Gasteiger partial charge in [-0.15, -0.1) is 0 Å². The van der Waals surface area contributed by atoms with Crippen LogP contribution in [0.2, 0.25) is 0 Å². The standard InChI is InChI=1S/C18H14Br2N2O2/c1-24-14-6-7-16-13(10-14)8-9-22(16)18(23)21-15-5-3-2-4-12(15)11-17(19)20/h2-11H,1H3,(H,21,23). The number of fused-ring (bicyclic) bond motifs is 1. The van der Waals surface area contributed by atoms with Gasteiger partial charge in [0.15, 0.2) is 0 Å². The molecular formula is C18H14Br2N2O2. The molecular weight excluding hydrogens is 436 g/mol. The molecule has 3 rings (SSSR count). The number of anilines is 1. The fourth-order valence-corrected chi connectivity index (χ4v) is 2.95. The number of rotatable bonds is 3. The summed E-state index contributed by atoms with van der Waals surface area (Å²) in [6, 6.07) is 14.9. The highest BCUT2D eigenvalue weighted by Gasteiger charge is 2.11. The summed E-state index contributed by atoms with van der Waals surface area (Å²) in [6.07, 6.45) is 3.63. The van der Waals surface area contributed by atoms with Crippen LogP contribution >= 0.6 is 31.9 Å². The van der Waals surface area contributed by atoms with E-state index in [0.29, 0.717) is 0 Å². The Bertz CT molecular complexity index is 928. The number of benzene rings is 2. The Morgan fingerprint density at radius 1 is 1.17 bits per heavy atom. The highest BCUT2D eigenvalue weighted by molar-refractivity contribution is 9.28. The van der Waals surface area contributed by atoms with E-state index >= 15 is 0 Å². The molecule has 0 atom stereocenters. The van der Waals surface area contributed by atoms with E-state index in [2.05, 4.69) is 37.2 Å². The number of hydrogen-bond acceptors (Lipinski definition) is 2. The highest BCUT2D eigenvalue weighted by atomic mass is 79.9. The van der Waals surface area contributed by atoms with E-state index in [1.165, 1.54) is 0 Å². The third-order valence-electron chi connectivity index (χ3n) is 3.58. The summed E-state index contributed by atoms with van der Waals surface area (Å²) in [5.74, 6) is 0.762. The minimum absolute atomic E-state index is 0.221. The summed E-state index contributed by atoms with van der Waals surface area (Å²) < 4.78 is 7.60. The average molecular weight is 450 g/mol. The van der Waals surface area contributed by atoms with Gasteiger partial charge in [-0.2, -0.15) is 0 Å². The van der Waals surface area contributed by atoms with Gasteiger partial charge < -0.3 is 10.1 Å². The van der Waals surface area contributed by atoms with Crippen molar-refractivity contribution < 1.29 is 9.53 Å². The summed E-state index contributed by atoms with van der Waals surface area (Å²) in [6.45, 7) is 0. The fourth-order valence-electron chi connectivity index (χ4n) is 2.45. The van der Waals surface area contributed by atoms with Crippen molar-refractivity contribution >= 4 is 60.6 Å². The van der Waals surface area contributed by atoms with Crippen molar-refractivity contribution in [1.29, 1.82) is 0 Å². The number of halogens is 2. The summed E-state index contributed by atoms with van der Waals surface area (Å²) in [7, 11) is 1.62. The second-order valence-corrected chi connectivity index (χ2v) is 7.83. The first kappa shape index (κ1) is 16.8. The first-order valence-electron chi connectivity index (χ1n) is 7.16. The zero-order chi connectivity index (χ0) is 17.1. The van der Waals surface area contributed by atoms with Gasteiger partial charge in [-0.1, -0.05) is 18.2 Å². The Morgan fingerprint density at radius 2 is 1.96 bits per heavy atom. The molecule has 0 aliphatic heterocycles. The van der Waals surface area contributed by atoms with Gasteiger partial charge in [0.05, 0.1) is 16.0 Å². The lowest BCUT2D eigenvalue weighted by Crippen LogP contribution is -2.18. The molecule has 0 unspecified atom stereocenters. The van der Waals surface area contributed by atoms with Crippen LogP contribution in [0.25, 0.3) is 17.0 Å². The van der Waals surface area contributed by atoms with Gasteiger partial charge in [-0.25, -0.2) is 4.79 Å². The molecule has 4 nitrogen and oxygen atoms in total. The second kappa shape index (κ2) is 7.23. The van der Waals surface area contributed by atoms with Crippen molar-refractivity contribution in [3.05, 3.63) is 63.7 Å². The molecule has 122 valence electrons. The zero-order valence-corrected chi connectivity index (χ0v) is 16.0. The van der Waals surface area contributed by atoms with Crippen molar-refractivity contribution in [1.82, 2.24) is 4.57 Å². The summed E-state index contributed by atoms with van der Waals surface area (Å²) in [5, 5.41) is 3.89. The van der Waals surface area contributed by atoms with E-state index in [0.717, 1.165) is 31.3 Å². The number of hydrogen-bond donors (Lipinski definition) is 1. The van der Waals surface area contributed by atoms with Crippen LogP contribution in [0.15, 0.2) is 58.1 Å². The van der Waals surface area contributed by atoms with Crippen LogP contribution in [0.4, 0.5) is 10.5 Å². The number of carbonyl (C=O) groups is 1. The Kier molecular flexibility index (Phi) is 5.06. The van der Waals surface area contributed by atoms with Gasteiger partial charge in [0.25, 0.3) is 0 Å². The third-order valence-corrected chi connectivity index (χ3v) is 4.04. The van der Waals surface area contributed by atoms with Crippen LogP contribution in [-0.4, -0.2) is 17.7 Å². The monoisotopic (exact) mass is 448 g/mol. The molecule has 0 fully saturated rings. The van der Waals surface area contributed by atoms with Crippen molar-refractivity contribution in [3.8, 4) is 5.75 Å². The second-order valence-electron chi connectivity index (χ2n) is 5.06. The highest BCUT2D eigenvalue weighted by Crippen LogP contribution is 2.25. The van der Waals surface area contributed by atoms with Crippen LogP contribution in [0.3, 0.4) is 0 Å². The predicted octanol–water partition coefficient (Wildman–Crippen LogP) is 5.82. The van der Waals surface area contributed by atoms with E-state index in [4.69, 9.17) is 4.74 Å². The van der Waals surface area contributed by atoms with Gasteiger partial charge in [-0.3, -0.25) is 4.57 Å². The molecule has 2 aromatic carbocycles. The minimum atomic E-state index is -0.221. The molecule has 3 aromatic rings. The number of para-hydroxylation sites is 1. The largest absolute Gasteiger partial charge is 0.497 e. The molecule has 0 radical (unpaired) electrons. The number of aromatic nitrogens is 1. The molecule has 0 aliphatic rings. The van der Waals surface area contributed by atoms with Crippen LogP contribution < -0.4 is 10.1 Å². The molecule has 1 amide bonds. The van der Waals surface area contributed by atoms with E-state index in [1.807, 2.05) is 54.6 Å². The van der Waals surface area contributed by atoms with Crippen LogP contribution in [0.1, 0.15) is 5.56 Å². The van der Waals surface area contributed by atoms with Gasteiger partial charge in [0, 0.05) is 17.3 Å². The molecule has 0 spiro atoms. The first-order chi connectivity index (χ1) is 11.6. The van der Waals surface area contributed by atoms with Crippen molar-refractivity contribution in [2.24, 2.45) is 0 Å². The Hall–Kier alpha value is -2.05. The topological polar surface area (TPSA) is 43.3 Å². The number of nitrogens with zero attached hydrogens (tertiary/aromatic N) is 1. The Labute approximate surface area is 156 Å². The Morgan fingerprint density at radius 3 is 2.71 bits per heavy atom. The number of methoxy groups -OCH3 is 1. The smallest absolute Gasteiger partial charge is 0.330 e. The SMILES string of the molecule is COc1ccc2c(ccn2C(=O)Nc2ccccc2C=C(Br)Br)c1. The maximum Gasteiger partial charge on any atom is 0.330 e. The fraction of sp³-hybridized carbons (Fsp3) is 0.0556. The van der Waals surface area contributed by atoms with Gasteiger partial charge in [0.1, 0.15) is 5.75 Å². The third kappa shape index (κ3) is 3.55. The van der Waals surface area contributed by atoms with Gasteiger partial charge in [0.2, 0.25) is 0 Å². The molecule has 1 heterocycles. The summed E-state index contributed by atoms with van der Waals surface area (Å²) in [5.41, 5.74) is 2.45. The molecule has 6 heteroatoms. The van der Waals surface area contributed by atoms with Crippen molar-refractivity contribution in [2.45, 2.75) is 0 Å². The summed E-state index contributed by atoms with van der Waals surface area (Å²) >= 11 is 6.69. The molecule has 24 heavy (non-hydrogen) atoms. The van der Waals surface area contributed by atoms with E-state index in [-0.39, 0.29) is 6.03 Å². The number of amides is 1. The molecule has 0 aliphatic carbocycles. The lowest BCUT2D eigenvalue weighted by Gasteiger charge is -2.10. The molecule has 0 bridgehead atoms. The van der Waals surface area contributed by atoms with Crippen molar-refractivity contribution in [2.75, 3.05) is 12.4 Å². The average Bonchev–Trinajstić information content (AvgIpc) is 2.99. The van der Waals surface area contributed by atoms with Gasteiger partial charge >= 0.3 is 6.03 Å². The van der Waals surface area contributed by atoms with Crippen LogP contribution in [0, 0.1) is 0 Å². The lowest BCUT2D eigenvalue weighted by molar-refractivity contribution is 0.254. The molecule has 1 aromatic heterocycles. The minimum Gasteiger partial charge on any atom is -0.497 e. The van der Waals surface area contributed by atoms with Crippen molar-refractivity contribution in [3.63, 3.8) is 0 Å². The molecule has 0 saturated carbocycles. The maximum absolute atomic E-state index is 12.7. The predicted molar refractivity (Wildman–Crippen MR) is 105 cm³/mol. The quantitative estimate of drug-likeness (QED) is 0.547. The molecule has 1 N–H and O–H groups in total. The number of ether oxygens (including phenoxy) is 1. The van der Waals surface area contributed by atoms with Gasteiger partial charge in [-0.05, 0) is 73.8 Å². The number of carbonyl (C=O) groups excluding carboxylic acids is 1. The first-order valence-corrected chi connectivity index (χ1v) is 8.75. The lowest BCUT2D eigenvalue weighted by atomic mass is 10.2. The van der Waals surface area contributed by atoms with E-state index in [1.54, 1.807) is 17.9 Å². The summed E-state index contributed by atoms with van der Waals surface area (Å²) in [4.78, 5) is 12.7. The van der Waals surface area contributed by atoms with Crippen LogP contribution in [0.5, 0.6) is 5.75 Å². The Balaban J connectivity index is 1.93. The van der Waals surface area contributed by atoms with Crippen LogP contribution in [-0.2, 0) is 0 Å². The maximum atomic E-state index is 12.7. The normalized spacial score (nSPS) is 10.5.